The Labute approximate surface area is 147 Å². The molecule has 2 amide bonds. The quantitative estimate of drug-likeness (QED) is 0.877. The van der Waals surface area contributed by atoms with E-state index in [0.29, 0.717) is 28.3 Å². The smallest absolute Gasteiger partial charge is 0.231 e. The molecule has 1 saturated heterocycles. The summed E-state index contributed by atoms with van der Waals surface area (Å²) in [6, 6.07) is 6.97. The summed E-state index contributed by atoms with van der Waals surface area (Å²) < 4.78 is 4.97. The fourth-order valence-electron chi connectivity index (χ4n) is 2.45. The van der Waals surface area contributed by atoms with Gasteiger partial charge in [-0.25, -0.2) is 0 Å². The number of ether oxygens (including phenoxy) is 1. The SMILES string of the molecule is COCc1nnc(NC(=O)[C@H]2CC(=O)N(c3ccc(Cl)cc3)C2)s1. The first kappa shape index (κ1) is 16.8. The molecule has 1 aliphatic heterocycles. The molecule has 0 unspecified atom stereocenters. The molecule has 1 atom stereocenters. The summed E-state index contributed by atoms with van der Waals surface area (Å²) in [7, 11) is 1.56. The van der Waals surface area contributed by atoms with Crippen molar-refractivity contribution in [2.24, 2.45) is 5.92 Å². The van der Waals surface area contributed by atoms with Crippen LogP contribution in [0, 0.1) is 5.92 Å². The van der Waals surface area contributed by atoms with E-state index in [1.165, 1.54) is 11.3 Å². The molecule has 0 spiro atoms. The van der Waals surface area contributed by atoms with Crippen molar-refractivity contribution in [1.29, 1.82) is 0 Å². The van der Waals surface area contributed by atoms with Gasteiger partial charge in [0.15, 0.2) is 0 Å². The van der Waals surface area contributed by atoms with Gasteiger partial charge < -0.3 is 15.0 Å². The van der Waals surface area contributed by atoms with E-state index < -0.39 is 5.92 Å². The highest BCUT2D eigenvalue weighted by molar-refractivity contribution is 7.15. The molecule has 0 saturated carbocycles. The van der Waals surface area contributed by atoms with Gasteiger partial charge >= 0.3 is 0 Å². The lowest BCUT2D eigenvalue weighted by atomic mass is 10.1. The Kier molecular flexibility index (Phi) is 5.08. The van der Waals surface area contributed by atoms with E-state index in [0.717, 1.165) is 5.69 Å². The first-order valence-electron chi connectivity index (χ1n) is 7.25. The molecule has 2 heterocycles. The van der Waals surface area contributed by atoms with E-state index >= 15 is 0 Å². The van der Waals surface area contributed by atoms with Crippen LogP contribution in [-0.2, 0) is 20.9 Å². The first-order valence-corrected chi connectivity index (χ1v) is 8.44. The van der Waals surface area contributed by atoms with Crippen LogP contribution in [0.4, 0.5) is 10.8 Å². The molecule has 1 N–H and O–H groups in total. The molecule has 1 aromatic heterocycles. The number of nitrogens with one attached hydrogen (secondary N) is 1. The fourth-order valence-corrected chi connectivity index (χ4v) is 3.29. The van der Waals surface area contributed by atoms with Crippen LogP contribution in [0.2, 0.25) is 5.02 Å². The van der Waals surface area contributed by atoms with Crippen LogP contribution < -0.4 is 10.2 Å². The Morgan fingerprint density at radius 2 is 2.17 bits per heavy atom. The second kappa shape index (κ2) is 7.25. The second-order valence-corrected chi connectivity index (χ2v) is 6.80. The molecule has 7 nitrogen and oxygen atoms in total. The van der Waals surface area contributed by atoms with E-state index in [1.807, 2.05) is 0 Å². The molecular weight excluding hydrogens is 352 g/mol. The molecule has 1 aromatic carbocycles. The summed E-state index contributed by atoms with van der Waals surface area (Å²) in [6.45, 7) is 0.676. The fraction of sp³-hybridized carbons (Fsp3) is 0.333. The summed E-state index contributed by atoms with van der Waals surface area (Å²) in [5.74, 6) is -0.752. The van der Waals surface area contributed by atoms with Crippen LogP contribution in [-0.4, -0.2) is 35.7 Å². The van der Waals surface area contributed by atoms with Crippen molar-refractivity contribution in [2.45, 2.75) is 13.0 Å². The number of methoxy groups -OCH3 is 1. The average Bonchev–Trinajstić information content (AvgIpc) is 3.15. The standard InChI is InChI=1S/C15H15ClN4O3S/c1-23-8-12-18-19-15(24-12)17-14(22)9-6-13(21)20(7-9)11-4-2-10(16)3-5-11/h2-5,9H,6-8H2,1H3,(H,17,19,22)/t9-/m0/s1. The largest absolute Gasteiger partial charge is 0.377 e. The zero-order valence-electron chi connectivity index (χ0n) is 12.9. The van der Waals surface area contributed by atoms with E-state index in [-0.39, 0.29) is 18.2 Å². The monoisotopic (exact) mass is 366 g/mol. The van der Waals surface area contributed by atoms with Gasteiger partial charge in [0.05, 0.1) is 5.92 Å². The van der Waals surface area contributed by atoms with E-state index in [9.17, 15) is 9.59 Å². The van der Waals surface area contributed by atoms with Gasteiger partial charge in [-0.15, -0.1) is 10.2 Å². The van der Waals surface area contributed by atoms with Gasteiger partial charge in [0.2, 0.25) is 16.9 Å². The maximum Gasteiger partial charge on any atom is 0.231 e. The number of amides is 2. The molecular formula is C15H15ClN4O3S. The molecule has 0 aliphatic carbocycles. The van der Waals surface area contributed by atoms with Crippen molar-refractivity contribution in [1.82, 2.24) is 10.2 Å². The number of rotatable bonds is 5. The Balaban J connectivity index is 1.64. The number of nitrogens with zero attached hydrogens (tertiary/aromatic N) is 3. The summed E-state index contributed by atoms with van der Waals surface area (Å²) in [5.41, 5.74) is 0.734. The highest BCUT2D eigenvalue weighted by Gasteiger charge is 2.35. The van der Waals surface area contributed by atoms with Crippen LogP contribution >= 0.6 is 22.9 Å². The topological polar surface area (TPSA) is 84.4 Å². The zero-order valence-corrected chi connectivity index (χ0v) is 14.4. The van der Waals surface area contributed by atoms with Gasteiger partial charge in [0, 0.05) is 30.8 Å². The van der Waals surface area contributed by atoms with E-state index in [4.69, 9.17) is 16.3 Å². The van der Waals surface area contributed by atoms with Crippen molar-refractivity contribution in [3.63, 3.8) is 0 Å². The highest BCUT2D eigenvalue weighted by Crippen LogP contribution is 2.27. The lowest BCUT2D eigenvalue weighted by Gasteiger charge is -2.16. The Bertz CT molecular complexity index is 749. The summed E-state index contributed by atoms with van der Waals surface area (Å²) in [4.78, 5) is 26.1. The normalized spacial score (nSPS) is 17.3. The second-order valence-electron chi connectivity index (χ2n) is 5.31. The van der Waals surface area contributed by atoms with Crippen molar-refractivity contribution in [3.8, 4) is 0 Å². The summed E-state index contributed by atoms with van der Waals surface area (Å²) >= 11 is 7.11. The molecule has 1 fully saturated rings. The van der Waals surface area contributed by atoms with Gasteiger partial charge in [-0.3, -0.25) is 9.59 Å². The third kappa shape index (κ3) is 3.72. The molecule has 126 valence electrons. The average molecular weight is 367 g/mol. The van der Waals surface area contributed by atoms with Gasteiger partial charge in [0.25, 0.3) is 0 Å². The van der Waals surface area contributed by atoms with Crippen molar-refractivity contribution in [2.75, 3.05) is 23.9 Å². The van der Waals surface area contributed by atoms with Crippen LogP contribution in [0.1, 0.15) is 11.4 Å². The number of anilines is 2. The Morgan fingerprint density at radius 1 is 1.42 bits per heavy atom. The minimum absolute atomic E-state index is 0.0881. The van der Waals surface area contributed by atoms with E-state index in [2.05, 4.69) is 15.5 Å². The number of benzene rings is 1. The third-order valence-electron chi connectivity index (χ3n) is 3.60. The van der Waals surface area contributed by atoms with Crippen molar-refractivity contribution >= 4 is 45.6 Å². The van der Waals surface area contributed by atoms with Gasteiger partial charge in [0.1, 0.15) is 11.6 Å². The lowest BCUT2D eigenvalue weighted by Crippen LogP contribution is -2.28. The van der Waals surface area contributed by atoms with Gasteiger partial charge in [-0.2, -0.15) is 0 Å². The molecule has 0 bridgehead atoms. The summed E-state index contributed by atoms with van der Waals surface area (Å²) in [5, 5.41) is 12.2. The van der Waals surface area contributed by atoms with Crippen LogP contribution in [0.25, 0.3) is 0 Å². The Morgan fingerprint density at radius 3 is 2.88 bits per heavy atom. The highest BCUT2D eigenvalue weighted by atomic mass is 35.5. The minimum atomic E-state index is -0.428. The number of hydrogen-bond donors (Lipinski definition) is 1. The number of halogens is 1. The van der Waals surface area contributed by atoms with Crippen molar-refractivity contribution < 1.29 is 14.3 Å². The molecule has 1 aliphatic rings. The predicted molar refractivity (Wildman–Crippen MR) is 91.2 cm³/mol. The van der Waals surface area contributed by atoms with Crippen LogP contribution in [0.5, 0.6) is 0 Å². The lowest BCUT2D eigenvalue weighted by molar-refractivity contribution is -0.122. The van der Waals surface area contributed by atoms with E-state index in [1.54, 1.807) is 36.3 Å². The number of carbonyl (C=O) groups excluding carboxylic acids is 2. The van der Waals surface area contributed by atoms with Gasteiger partial charge in [-0.1, -0.05) is 22.9 Å². The molecule has 9 heteroatoms. The Hall–Kier alpha value is -2.03. The molecule has 3 rings (SSSR count). The predicted octanol–water partition coefficient (Wildman–Crippen LogP) is 2.33. The number of aromatic nitrogens is 2. The van der Waals surface area contributed by atoms with Gasteiger partial charge in [-0.05, 0) is 24.3 Å². The molecule has 0 radical (unpaired) electrons. The third-order valence-corrected chi connectivity index (χ3v) is 4.66. The minimum Gasteiger partial charge on any atom is -0.377 e. The zero-order chi connectivity index (χ0) is 17.1. The molecule has 24 heavy (non-hydrogen) atoms. The van der Waals surface area contributed by atoms with Crippen LogP contribution in [0.3, 0.4) is 0 Å². The van der Waals surface area contributed by atoms with Crippen LogP contribution in [0.15, 0.2) is 24.3 Å². The summed E-state index contributed by atoms with van der Waals surface area (Å²) in [6.07, 6.45) is 0.165. The first-order chi connectivity index (χ1) is 11.6. The maximum atomic E-state index is 12.4. The number of hydrogen-bond acceptors (Lipinski definition) is 6. The molecule has 2 aromatic rings. The van der Waals surface area contributed by atoms with Crippen molar-refractivity contribution in [3.05, 3.63) is 34.3 Å². The maximum absolute atomic E-state index is 12.4. The number of carbonyl (C=O) groups is 2.